The van der Waals surface area contributed by atoms with Crippen molar-refractivity contribution in [1.29, 1.82) is 0 Å². The van der Waals surface area contributed by atoms with Crippen LogP contribution in [0.4, 0.5) is 13.2 Å². The van der Waals surface area contributed by atoms with Crippen LogP contribution >= 0.6 is 15.9 Å². The molecular weight excluding hydrogens is 321 g/mol. The van der Waals surface area contributed by atoms with Gasteiger partial charge in [0.05, 0.1) is 6.10 Å². The standard InChI is InChI=1S/C14H10BrF3O/c15-9-4-8(5-10(16)7-9)6-13(19)11-2-1-3-12(17)14(11)18/h1-5,7,13,19H,6H2. The zero-order chi connectivity index (χ0) is 14.0. The number of rotatable bonds is 3. The molecule has 1 N–H and O–H groups in total. The van der Waals surface area contributed by atoms with E-state index in [-0.39, 0.29) is 12.0 Å². The lowest BCUT2D eigenvalue weighted by Gasteiger charge is -2.12. The molecule has 0 saturated carbocycles. The van der Waals surface area contributed by atoms with Crippen molar-refractivity contribution in [2.45, 2.75) is 12.5 Å². The van der Waals surface area contributed by atoms with Crippen LogP contribution < -0.4 is 0 Å². The first kappa shape index (κ1) is 14.1. The van der Waals surface area contributed by atoms with Crippen LogP contribution in [0.3, 0.4) is 0 Å². The van der Waals surface area contributed by atoms with Crippen molar-refractivity contribution in [3.8, 4) is 0 Å². The molecule has 0 heterocycles. The Balaban J connectivity index is 2.25. The first-order valence-corrected chi connectivity index (χ1v) is 6.33. The predicted octanol–water partition coefficient (Wildman–Crippen LogP) is 4.14. The van der Waals surface area contributed by atoms with Gasteiger partial charge in [0.2, 0.25) is 0 Å². The molecule has 1 unspecified atom stereocenters. The lowest BCUT2D eigenvalue weighted by Crippen LogP contribution is -2.06. The summed E-state index contributed by atoms with van der Waals surface area (Å²) >= 11 is 3.13. The second-order valence-corrected chi connectivity index (χ2v) is 5.06. The van der Waals surface area contributed by atoms with E-state index in [9.17, 15) is 18.3 Å². The zero-order valence-corrected chi connectivity index (χ0v) is 11.3. The van der Waals surface area contributed by atoms with E-state index < -0.39 is 23.6 Å². The summed E-state index contributed by atoms with van der Waals surface area (Å²) in [5.41, 5.74) is 0.350. The summed E-state index contributed by atoms with van der Waals surface area (Å²) in [6, 6.07) is 7.73. The number of halogens is 4. The Kier molecular flexibility index (Phi) is 4.27. The molecule has 2 aromatic rings. The lowest BCUT2D eigenvalue weighted by molar-refractivity contribution is 0.172. The van der Waals surface area contributed by atoms with E-state index in [1.54, 1.807) is 6.07 Å². The third kappa shape index (κ3) is 3.36. The molecule has 100 valence electrons. The average Bonchev–Trinajstić information content (AvgIpc) is 2.31. The Hall–Kier alpha value is -1.33. The molecule has 5 heteroatoms. The Morgan fingerprint density at radius 2 is 1.84 bits per heavy atom. The summed E-state index contributed by atoms with van der Waals surface area (Å²) < 4.78 is 40.2. The maximum Gasteiger partial charge on any atom is 0.164 e. The minimum Gasteiger partial charge on any atom is -0.388 e. The highest BCUT2D eigenvalue weighted by atomic mass is 79.9. The van der Waals surface area contributed by atoms with Crippen molar-refractivity contribution < 1.29 is 18.3 Å². The fourth-order valence-corrected chi connectivity index (χ4v) is 2.35. The van der Waals surface area contributed by atoms with Gasteiger partial charge in [0.1, 0.15) is 5.82 Å². The van der Waals surface area contributed by atoms with Gasteiger partial charge in [-0.15, -0.1) is 0 Å². The smallest absolute Gasteiger partial charge is 0.164 e. The Bertz CT molecular complexity index is 581. The van der Waals surface area contributed by atoms with Gasteiger partial charge in [-0.05, 0) is 29.8 Å². The van der Waals surface area contributed by atoms with Gasteiger partial charge in [0.25, 0.3) is 0 Å². The number of hydrogen-bond acceptors (Lipinski definition) is 1. The van der Waals surface area contributed by atoms with E-state index >= 15 is 0 Å². The Labute approximate surface area is 116 Å². The third-order valence-electron chi connectivity index (χ3n) is 2.69. The van der Waals surface area contributed by atoms with Gasteiger partial charge in [-0.25, -0.2) is 13.2 Å². The number of benzene rings is 2. The maximum atomic E-state index is 13.5. The van der Waals surface area contributed by atoms with Crippen molar-refractivity contribution in [3.05, 3.63) is 69.4 Å². The van der Waals surface area contributed by atoms with Gasteiger partial charge < -0.3 is 5.11 Å². The average molecular weight is 331 g/mol. The largest absolute Gasteiger partial charge is 0.388 e. The van der Waals surface area contributed by atoms with Gasteiger partial charge in [-0.1, -0.05) is 28.1 Å². The highest BCUT2D eigenvalue weighted by Gasteiger charge is 2.16. The zero-order valence-electron chi connectivity index (χ0n) is 9.71. The van der Waals surface area contributed by atoms with Gasteiger partial charge >= 0.3 is 0 Å². The van der Waals surface area contributed by atoms with Crippen LogP contribution in [0.2, 0.25) is 0 Å². The molecule has 0 aliphatic carbocycles. The van der Waals surface area contributed by atoms with Crippen LogP contribution in [0.5, 0.6) is 0 Å². The summed E-state index contributed by atoms with van der Waals surface area (Å²) in [6.07, 6.45) is -1.24. The van der Waals surface area contributed by atoms with Gasteiger partial charge in [-0.2, -0.15) is 0 Å². The molecular formula is C14H10BrF3O. The fourth-order valence-electron chi connectivity index (χ4n) is 1.84. The first-order chi connectivity index (χ1) is 8.97. The lowest BCUT2D eigenvalue weighted by atomic mass is 10.0. The minimum absolute atomic E-state index is 0.00324. The van der Waals surface area contributed by atoms with Crippen molar-refractivity contribution in [2.75, 3.05) is 0 Å². The van der Waals surface area contributed by atoms with Crippen molar-refractivity contribution in [2.24, 2.45) is 0 Å². The molecule has 2 aromatic carbocycles. The van der Waals surface area contributed by atoms with Gasteiger partial charge in [0.15, 0.2) is 11.6 Å². The van der Waals surface area contributed by atoms with Crippen molar-refractivity contribution >= 4 is 15.9 Å². The summed E-state index contributed by atoms with van der Waals surface area (Å²) in [5, 5.41) is 9.92. The Morgan fingerprint density at radius 1 is 1.11 bits per heavy atom. The van der Waals surface area contributed by atoms with Crippen LogP contribution in [-0.2, 0) is 6.42 Å². The molecule has 0 aliphatic rings. The molecule has 1 nitrogen and oxygen atoms in total. The Morgan fingerprint density at radius 3 is 2.53 bits per heavy atom. The minimum atomic E-state index is -1.23. The molecule has 0 radical (unpaired) electrons. The molecule has 2 rings (SSSR count). The van der Waals surface area contributed by atoms with E-state index in [0.29, 0.717) is 10.0 Å². The summed E-state index contributed by atoms with van der Waals surface area (Å²) in [7, 11) is 0. The maximum absolute atomic E-state index is 13.5. The molecule has 0 aliphatic heterocycles. The van der Waals surface area contributed by atoms with Crippen LogP contribution in [0.25, 0.3) is 0 Å². The predicted molar refractivity (Wildman–Crippen MR) is 69.1 cm³/mol. The van der Waals surface area contributed by atoms with Gasteiger partial charge in [0, 0.05) is 16.5 Å². The van der Waals surface area contributed by atoms with Crippen LogP contribution in [0, 0.1) is 17.5 Å². The van der Waals surface area contributed by atoms with E-state index in [2.05, 4.69) is 15.9 Å². The highest BCUT2D eigenvalue weighted by Crippen LogP contribution is 2.24. The molecule has 0 fully saturated rings. The topological polar surface area (TPSA) is 20.2 Å². The van der Waals surface area contributed by atoms with Crippen LogP contribution in [0.15, 0.2) is 40.9 Å². The summed E-state index contributed by atoms with van der Waals surface area (Å²) in [5.74, 6) is -2.56. The molecule has 19 heavy (non-hydrogen) atoms. The van der Waals surface area contributed by atoms with E-state index in [1.165, 1.54) is 24.3 Å². The second-order valence-electron chi connectivity index (χ2n) is 4.14. The third-order valence-corrected chi connectivity index (χ3v) is 3.15. The molecule has 1 atom stereocenters. The summed E-state index contributed by atoms with van der Waals surface area (Å²) in [4.78, 5) is 0. The molecule has 0 bridgehead atoms. The van der Waals surface area contributed by atoms with E-state index in [0.717, 1.165) is 6.07 Å². The van der Waals surface area contributed by atoms with Crippen LogP contribution in [-0.4, -0.2) is 5.11 Å². The molecule has 0 amide bonds. The molecule has 0 saturated heterocycles. The number of hydrogen-bond donors (Lipinski definition) is 1. The quantitative estimate of drug-likeness (QED) is 0.896. The summed E-state index contributed by atoms with van der Waals surface area (Å²) in [6.45, 7) is 0. The molecule has 0 aromatic heterocycles. The fraction of sp³-hybridized carbons (Fsp3) is 0.143. The van der Waals surface area contributed by atoms with Crippen molar-refractivity contribution in [3.63, 3.8) is 0 Å². The highest BCUT2D eigenvalue weighted by molar-refractivity contribution is 9.10. The number of aliphatic hydroxyl groups is 1. The first-order valence-electron chi connectivity index (χ1n) is 5.54. The van der Waals surface area contributed by atoms with E-state index in [4.69, 9.17) is 0 Å². The molecule has 0 spiro atoms. The van der Waals surface area contributed by atoms with E-state index in [1.807, 2.05) is 0 Å². The van der Waals surface area contributed by atoms with Gasteiger partial charge in [-0.3, -0.25) is 0 Å². The second kappa shape index (κ2) is 5.75. The number of aliphatic hydroxyl groups excluding tert-OH is 1. The monoisotopic (exact) mass is 330 g/mol. The normalized spacial score (nSPS) is 12.5. The van der Waals surface area contributed by atoms with Crippen LogP contribution in [0.1, 0.15) is 17.2 Å². The van der Waals surface area contributed by atoms with Crippen molar-refractivity contribution in [1.82, 2.24) is 0 Å². The SMILES string of the molecule is OC(Cc1cc(F)cc(Br)c1)c1cccc(F)c1F.